The van der Waals surface area contributed by atoms with Crippen molar-refractivity contribution in [2.75, 3.05) is 13.7 Å². The maximum absolute atomic E-state index is 11.4. The zero-order valence-corrected chi connectivity index (χ0v) is 12.0. The summed E-state index contributed by atoms with van der Waals surface area (Å²) in [5.41, 5.74) is 0.770. The second-order valence-electron chi connectivity index (χ2n) is 5.20. The van der Waals surface area contributed by atoms with Gasteiger partial charge in [-0.3, -0.25) is 0 Å². The van der Waals surface area contributed by atoms with E-state index in [1.165, 1.54) is 39.2 Å². The topological polar surface area (TPSA) is 38.3 Å². The summed E-state index contributed by atoms with van der Waals surface area (Å²) >= 11 is 0. The molecule has 0 amide bonds. The molecule has 0 aliphatic heterocycles. The Morgan fingerprint density at radius 1 is 1.33 bits per heavy atom. The van der Waals surface area contributed by atoms with Crippen LogP contribution < -0.4 is 5.32 Å². The second kappa shape index (κ2) is 8.30. The first-order chi connectivity index (χ1) is 8.69. The third-order valence-electron chi connectivity index (χ3n) is 3.92. The summed E-state index contributed by atoms with van der Waals surface area (Å²) in [7, 11) is 1.44. The van der Waals surface area contributed by atoms with Crippen molar-refractivity contribution in [2.45, 2.75) is 58.4 Å². The van der Waals surface area contributed by atoms with Gasteiger partial charge in [-0.2, -0.15) is 0 Å². The van der Waals surface area contributed by atoms with Crippen molar-refractivity contribution in [3.63, 3.8) is 0 Å². The summed E-state index contributed by atoms with van der Waals surface area (Å²) < 4.78 is 4.75. The molecular weight excluding hydrogens is 226 g/mol. The molecule has 1 saturated carbocycles. The zero-order chi connectivity index (χ0) is 13.4. The van der Waals surface area contributed by atoms with Gasteiger partial charge in [0.15, 0.2) is 0 Å². The molecule has 1 N–H and O–H groups in total. The van der Waals surface area contributed by atoms with Crippen LogP contribution in [0.4, 0.5) is 0 Å². The van der Waals surface area contributed by atoms with E-state index >= 15 is 0 Å². The lowest BCUT2D eigenvalue weighted by Gasteiger charge is -2.22. The van der Waals surface area contributed by atoms with E-state index in [0.29, 0.717) is 6.04 Å². The number of ether oxygens (including phenoxy) is 1. The molecule has 0 aromatic heterocycles. The van der Waals surface area contributed by atoms with Crippen LogP contribution in [0.1, 0.15) is 52.4 Å². The van der Waals surface area contributed by atoms with E-state index in [1.54, 1.807) is 0 Å². The standard InChI is InChI=1S/C15H27NO2/c1-4-13(15(17)18-3)10-11-16-14-9-7-5-6-8-12(14)2/h10,12,14,16H,4-9,11H2,1-3H3. The van der Waals surface area contributed by atoms with E-state index in [4.69, 9.17) is 4.74 Å². The van der Waals surface area contributed by atoms with Gasteiger partial charge in [-0.1, -0.05) is 39.2 Å². The molecule has 1 rings (SSSR count). The summed E-state index contributed by atoms with van der Waals surface area (Å²) in [5.74, 6) is 0.539. The van der Waals surface area contributed by atoms with Crippen molar-refractivity contribution < 1.29 is 9.53 Å². The minimum absolute atomic E-state index is 0.201. The average molecular weight is 253 g/mol. The minimum Gasteiger partial charge on any atom is -0.466 e. The van der Waals surface area contributed by atoms with Gasteiger partial charge in [-0.05, 0) is 25.2 Å². The van der Waals surface area contributed by atoms with Crippen LogP contribution in [0.3, 0.4) is 0 Å². The third kappa shape index (κ3) is 4.81. The molecule has 0 heterocycles. The number of rotatable bonds is 5. The molecule has 2 atom stereocenters. The lowest BCUT2D eigenvalue weighted by molar-refractivity contribution is -0.136. The highest BCUT2D eigenvalue weighted by molar-refractivity contribution is 5.88. The fourth-order valence-corrected chi connectivity index (χ4v) is 2.63. The van der Waals surface area contributed by atoms with Crippen molar-refractivity contribution >= 4 is 5.97 Å². The molecule has 0 bridgehead atoms. The molecular formula is C15H27NO2. The molecule has 0 saturated heterocycles. The van der Waals surface area contributed by atoms with E-state index in [0.717, 1.165) is 24.5 Å². The van der Waals surface area contributed by atoms with Gasteiger partial charge in [-0.15, -0.1) is 0 Å². The third-order valence-corrected chi connectivity index (χ3v) is 3.92. The first-order valence-electron chi connectivity index (χ1n) is 7.19. The van der Waals surface area contributed by atoms with Crippen LogP contribution in [0.25, 0.3) is 0 Å². The fraction of sp³-hybridized carbons (Fsp3) is 0.800. The van der Waals surface area contributed by atoms with Crippen molar-refractivity contribution in [1.29, 1.82) is 0 Å². The quantitative estimate of drug-likeness (QED) is 0.465. The molecule has 18 heavy (non-hydrogen) atoms. The molecule has 2 unspecified atom stereocenters. The Hall–Kier alpha value is -0.830. The van der Waals surface area contributed by atoms with Crippen LogP contribution in [-0.2, 0) is 9.53 Å². The predicted octanol–water partition coefficient (Wildman–Crippen LogP) is 3.05. The summed E-state index contributed by atoms with van der Waals surface area (Å²) in [6.45, 7) is 5.08. The maximum Gasteiger partial charge on any atom is 0.333 e. The van der Waals surface area contributed by atoms with E-state index < -0.39 is 0 Å². The first kappa shape index (κ1) is 15.2. The van der Waals surface area contributed by atoms with Gasteiger partial charge in [-0.25, -0.2) is 4.79 Å². The number of hydrogen-bond donors (Lipinski definition) is 1. The van der Waals surface area contributed by atoms with Crippen LogP contribution in [0.15, 0.2) is 11.6 Å². The van der Waals surface area contributed by atoms with Crippen LogP contribution in [0.2, 0.25) is 0 Å². The maximum atomic E-state index is 11.4. The van der Waals surface area contributed by atoms with Gasteiger partial charge in [0, 0.05) is 18.2 Å². The molecule has 3 heteroatoms. The smallest absolute Gasteiger partial charge is 0.333 e. The molecule has 0 aromatic carbocycles. The number of nitrogens with one attached hydrogen (secondary N) is 1. The molecule has 3 nitrogen and oxygen atoms in total. The molecule has 0 radical (unpaired) electrons. The Kier molecular flexibility index (Phi) is 7.02. The first-order valence-corrected chi connectivity index (χ1v) is 7.19. The number of esters is 1. The van der Waals surface area contributed by atoms with Gasteiger partial charge >= 0.3 is 5.97 Å². The number of hydrogen-bond acceptors (Lipinski definition) is 3. The monoisotopic (exact) mass is 253 g/mol. The zero-order valence-electron chi connectivity index (χ0n) is 12.0. The summed E-state index contributed by atoms with van der Waals surface area (Å²) in [4.78, 5) is 11.4. The van der Waals surface area contributed by atoms with Gasteiger partial charge in [0.05, 0.1) is 7.11 Å². The van der Waals surface area contributed by atoms with Crippen LogP contribution in [0, 0.1) is 5.92 Å². The van der Waals surface area contributed by atoms with Crippen LogP contribution >= 0.6 is 0 Å². The highest BCUT2D eigenvalue weighted by Crippen LogP contribution is 2.22. The van der Waals surface area contributed by atoms with Gasteiger partial charge in [0.2, 0.25) is 0 Å². The van der Waals surface area contributed by atoms with Crippen molar-refractivity contribution in [1.82, 2.24) is 5.32 Å². The highest BCUT2D eigenvalue weighted by Gasteiger charge is 2.18. The van der Waals surface area contributed by atoms with E-state index in [2.05, 4.69) is 12.2 Å². The van der Waals surface area contributed by atoms with Crippen LogP contribution in [0.5, 0.6) is 0 Å². The highest BCUT2D eigenvalue weighted by atomic mass is 16.5. The predicted molar refractivity (Wildman–Crippen MR) is 74.4 cm³/mol. The lowest BCUT2D eigenvalue weighted by Crippen LogP contribution is -2.34. The number of carbonyl (C=O) groups excluding carboxylic acids is 1. The molecule has 0 spiro atoms. The molecule has 1 aliphatic rings. The minimum atomic E-state index is -0.201. The molecule has 1 fully saturated rings. The van der Waals surface area contributed by atoms with Crippen molar-refractivity contribution in [2.24, 2.45) is 5.92 Å². The van der Waals surface area contributed by atoms with Crippen molar-refractivity contribution in [3.8, 4) is 0 Å². The SMILES string of the molecule is CCC(=CCNC1CCCCCC1C)C(=O)OC. The molecule has 0 aromatic rings. The normalized spacial score (nSPS) is 25.6. The fourth-order valence-electron chi connectivity index (χ4n) is 2.63. The van der Waals surface area contributed by atoms with Gasteiger partial charge < -0.3 is 10.1 Å². The molecule has 104 valence electrons. The Morgan fingerprint density at radius 3 is 2.72 bits per heavy atom. The van der Waals surface area contributed by atoms with E-state index in [-0.39, 0.29) is 5.97 Å². The second-order valence-corrected chi connectivity index (χ2v) is 5.20. The summed E-state index contributed by atoms with van der Waals surface area (Å²) in [5, 5.41) is 3.57. The van der Waals surface area contributed by atoms with E-state index in [9.17, 15) is 4.79 Å². The summed E-state index contributed by atoms with van der Waals surface area (Å²) in [6, 6.07) is 0.597. The largest absolute Gasteiger partial charge is 0.466 e. The Labute approximate surface area is 111 Å². The van der Waals surface area contributed by atoms with E-state index in [1.807, 2.05) is 13.0 Å². The van der Waals surface area contributed by atoms with Crippen LogP contribution in [-0.4, -0.2) is 25.7 Å². The Balaban J connectivity index is 2.43. The van der Waals surface area contributed by atoms with Crippen molar-refractivity contribution in [3.05, 3.63) is 11.6 Å². The number of methoxy groups -OCH3 is 1. The number of carbonyl (C=O) groups is 1. The lowest BCUT2D eigenvalue weighted by atomic mass is 9.97. The summed E-state index contributed by atoms with van der Waals surface area (Å²) in [6.07, 6.45) is 9.33. The Morgan fingerprint density at radius 2 is 2.06 bits per heavy atom. The van der Waals surface area contributed by atoms with Gasteiger partial charge in [0.1, 0.15) is 0 Å². The molecule has 1 aliphatic carbocycles. The Bertz CT molecular complexity index is 286. The average Bonchev–Trinajstić information content (AvgIpc) is 2.59. The van der Waals surface area contributed by atoms with Gasteiger partial charge in [0.25, 0.3) is 0 Å².